The lowest BCUT2D eigenvalue weighted by Gasteiger charge is -2.22. The summed E-state index contributed by atoms with van der Waals surface area (Å²) in [5, 5.41) is 1.31. The van der Waals surface area contributed by atoms with Crippen LogP contribution < -0.4 is 9.37 Å². The number of nitrogens with one attached hydrogen (secondary N) is 1. The second-order valence-corrected chi connectivity index (χ2v) is 12.2. The van der Waals surface area contributed by atoms with Gasteiger partial charge < -0.3 is 9.17 Å². The number of benzene rings is 1. The Morgan fingerprint density at radius 3 is 2.29 bits per heavy atom. The molecule has 116 valence electrons. The average molecular weight is 337 g/mol. The highest BCUT2D eigenvalue weighted by Crippen LogP contribution is 2.29. The summed E-state index contributed by atoms with van der Waals surface area (Å²) in [6, 6.07) is 4.56. The fraction of sp³-hybridized carbons (Fsp3) is 0.333. The SMILES string of the molecule is C[Si](C)(C)c1c(OS(=O)(=O)C(F)(F)F)ccc2cc[nH]c12. The fourth-order valence-corrected chi connectivity index (χ4v) is 4.47. The third-order valence-electron chi connectivity index (χ3n) is 2.92. The van der Waals surface area contributed by atoms with Gasteiger partial charge in [-0.05, 0) is 23.6 Å². The molecule has 2 aromatic rings. The van der Waals surface area contributed by atoms with Crippen LogP contribution in [0.3, 0.4) is 0 Å². The van der Waals surface area contributed by atoms with E-state index in [4.69, 9.17) is 0 Å². The molecule has 0 aliphatic carbocycles. The van der Waals surface area contributed by atoms with E-state index in [9.17, 15) is 21.6 Å². The molecule has 9 heteroatoms. The average Bonchev–Trinajstić information content (AvgIpc) is 2.72. The maximum absolute atomic E-state index is 12.5. The smallest absolute Gasteiger partial charge is 0.376 e. The number of rotatable bonds is 3. The molecular weight excluding hydrogens is 323 g/mol. The van der Waals surface area contributed by atoms with Gasteiger partial charge in [-0.2, -0.15) is 21.6 Å². The molecular formula is C12H14F3NO3SSi. The van der Waals surface area contributed by atoms with E-state index in [0.29, 0.717) is 10.7 Å². The molecule has 2 rings (SSSR count). The highest BCUT2D eigenvalue weighted by Gasteiger charge is 2.49. The molecule has 1 aromatic carbocycles. The zero-order chi connectivity index (χ0) is 16.1. The topological polar surface area (TPSA) is 59.2 Å². The Balaban J connectivity index is 2.65. The number of hydrogen-bond acceptors (Lipinski definition) is 3. The lowest BCUT2D eigenvalue weighted by Crippen LogP contribution is -2.41. The molecule has 0 aliphatic rings. The normalized spacial score (nSPS) is 13.6. The van der Waals surface area contributed by atoms with Crippen molar-refractivity contribution < 1.29 is 25.8 Å². The summed E-state index contributed by atoms with van der Waals surface area (Å²) in [7, 11) is -7.83. The Morgan fingerprint density at radius 2 is 1.76 bits per heavy atom. The van der Waals surface area contributed by atoms with Crippen molar-refractivity contribution in [3.05, 3.63) is 24.4 Å². The first-order valence-corrected chi connectivity index (χ1v) is 11.0. The van der Waals surface area contributed by atoms with Gasteiger partial charge in [0.1, 0.15) is 5.75 Å². The summed E-state index contributed by atoms with van der Waals surface area (Å²) in [5.74, 6) is -0.263. The molecule has 0 amide bonds. The van der Waals surface area contributed by atoms with Crippen LogP contribution in [0.4, 0.5) is 13.2 Å². The Bertz CT molecular complexity index is 775. The summed E-state index contributed by atoms with van der Waals surface area (Å²) in [6.07, 6.45) is 1.65. The predicted octanol–water partition coefficient (Wildman–Crippen LogP) is 2.94. The molecule has 0 radical (unpaired) electrons. The van der Waals surface area contributed by atoms with E-state index in [2.05, 4.69) is 9.17 Å². The van der Waals surface area contributed by atoms with E-state index in [0.717, 1.165) is 5.39 Å². The van der Waals surface area contributed by atoms with Gasteiger partial charge in [-0.15, -0.1) is 0 Å². The number of fused-ring (bicyclic) bond motifs is 1. The number of alkyl halides is 3. The van der Waals surface area contributed by atoms with Gasteiger partial charge in [-0.1, -0.05) is 19.6 Å². The molecule has 0 saturated carbocycles. The summed E-state index contributed by atoms with van der Waals surface area (Å²) in [6.45, 7) is 5.70. The predicted molar refractivity (Wildman–Crippen MR) is 76.9 cm³/mol. The number of aromatic amines is 1. The van der Waals surface area contributed by atoms with Crippen molar-refractivity contribution in [2.45, 2.75) is 25.1 Å². The van der Waals surface area contributed by atoms with Gasteiger partial charge in [0.2, 0.25) is 0 Å². The van der Waals surface area contributed by atoms with Crippen LogP contribution in [0, 0.1) is 0 Å². The Morgan fingerprint density at radius 1 is 1.14 bits per heavy atom. The molecule has 0 atom stereocenters. The highest BCUT2D eigenvalue weighted by molar-refractivity contribution is 7.88. The van der Waals surface area contributed by atoms with E-state index in [1.807, 2.05) is 19.6 Å². The van der Waals surface area contributed by atoms with Crippen molar-refractivity contribution in [2.24, 2.45) is 0 Å². The van der Waals surface area contributed by atoms with Gasteiger partial charge in [0.25, 0.3) is 0 Å². The summed E-state index contributed by atoms with van der Waals surface area (Å²) in [5.41, 5.74) is -4.84. The molecule has 0 bridgehead atoms. The van der Waals surface area contributed by atoms with Crippen molar-refractivity contribution in [1.29, 1.82) is 0 Å². The maximum atomic E-state index is 12.5. The fourth-order valence-electron chi connectivity index (χ4n) is 2.09. The molecule has 0 unspecified atom stereocenters. The second kappa shape index (κ2) is 4.77. The molecule has 1 N–H and O–H groups in total. The van der Waals surface area contributed by atoms with Crippen molar-refractivity contribution in [2.75, 3.05) is 0 Å². The third kappa shape index (κ3) is 2.93. The van der Waals surface area contributed by atoms with Crippen LogP contribution in [0.2, 0.25) is 19.6 Å². The van der Waals surface area contributed by atoms with Crippen LogP contribution >= 0.6 is 0 Å². The Hall–Kier alpha value is -1.48. The van der Waals surface area contributed by atoms with Crippen LogP contribution in [-0.2, 0) is 10.1 Å². The summed E-state index contributed by atoms with van der Waals surface area (Å²) < 4.78 is 64.3. The van der Waals surface area contributed by atoms with Crippen molar-refractivity contribution in [3.63, 3.8) is 0 Å². The zero-order valence-electron chi connectivity index (χ0n) is 11.6. The van der Waals surface area contributed by atoms with E-state index in [1.54, 1.807) is 12.3 Å². The van der Waals surface area contributed by atoms with Gasteiger partial charge in [-0.25, -0.2) is 0 Å². The van der Waals surface area contributed by atoms with Gasteiger partial charge in [0, 0.05) is 16.9 Å². The van der Waals surface area contributed by atoms with Crippen LogP contribution in [0.5, 0.6) is 5.75 Å². The summed E-state index contributed by atoms with van der Waals surface area (Å²) >= 11 is 0. The molecule has 0 spiro atoms. The Labute approximate surface area is 121 Å². The molecule has 1 heterocycles. The summed E-state index contributed by atoms with van der Waals surface area (Å²) in [4.78, 5) is 2.94. The quantitative estimate of drug-likeness (QED) is 0.532. The van der Waals surface area contributed by atoms with Gasteiger partial charge in [0.15, 0.2) is 0 Å². The lowest BCUT2D eigenvalue weighted by molar-refractivity contribution is -0.0499. The van der Waals surface area contributed by atoms with Crippen molar-refractivity contribution in [1.82, 2.24) is 4.98 Å². The van der Waals surface area contributed by atoms with Crippen molar-refractivity contribution in [3.8, 4) is 5.75 Å². The van der Waals surface area contributed by atoms with Crippen LogP contribution in [0.15, 0.2) is 24.4 Å². The van der Waals surface area contributed by atoms with Crippen LogP contribution in [-0.4, -0.2) is 27.0 Å². The van der Waals surface area contributed by atoms with E-state index >= 15 is 0 Å². The second-order valence-electron chi connectivity index (χ2n) is 5.61. The Kier molecular flexibility index (Phi) is 3.61. The number of H-pyrrole nitrogens is 1. The molecule has 0 fully saturated rings. The van der Waals surface area contributed by atoms with E-state index in [1.165, 1.54) is 12.1 Å². The minimum absolute atomic E-state index is 0.263. The maximum Gasteiger partial charge on any atom is 0.534 e. The standard InChI is InChI=1S/C12H14F3NO3SSi/c1-21(2,3)11-9(19-20(17,18)12(13,14)15)5-4-8-6-7-16-10(8)11/h4-7,16H,1-3H3. The first-order chi connectivity index (χ1) is 9.43. The minimum Gasteiger partial charge on any atom is -0.376 e. The van der Waals surface area contributed by atoms with Crippen LogP contribution in [0.25, 0.3) is 10.9 Å². The number of aromatic nitrogens is 1. The monoisotopic (exact) mass is 337 g/mol. The van der Waals surface area contributed by atoms with E-state index < -0.39 is 23.7 Å². The first-order valence-electron chi connectivity index (χ1n) is 6.05. The molecule has 21 heavy (non-hydrogen) atoms. The lowest BCUT2D eigenvalue weighted by atomic mass is 10.2. The van der Waals surface area contributed by atoms with Gasteiger partial charge in [0.05, 0.1) is 8.07 Å². The highest BCUT2D eigenvalue weighted by atomic mass is 32.2. The van der Waals surface area contributed by atoms with Gasteiger partial charge >= 0.3 is 15.6 Å². The zero-order valence-corrected chi connectivity index (χ0v) is 13.4. The molecule has 0 aliphatic heterocycles. The number of halogens is 3. The van der Waals surface area contributed by atoms with Crippen LogP contribution in [0.1, 0.15) is 0 Å². The molecule has 1 aromatic heterocycles. The largest absolute Gasteiger partial charge is 0.534 e. The number of hydrogen-bond donors (Lipinski definition) is 1. The molecule has 0 saturated heterocycles. The first kappa shape index (κ1) is 15.9. The third-order valence-corrected chi connectivity index (χ3v) is 5.89. The van der Waals surface area contributed by atoms with Gasteiger partial charge in [-0.3, -0.25) is 0 Å². The van der Waals surface area contributed by atoms with Crippen molar-refractivity contribution >= 4 is 34.3 Å². The molecule has 4 nitrogen and oxygen atoms in total. The minimum atomic E-state index is -5.68. The van der Waals surface area contributed by atoms with E-state index in [-0.39, 0.29) is 5.75 Å².